The van der Waals surface area contributed by atoms with Crippen molar-refractivity contribution >= 4 is 0 Å². The largest absolute Gasteiger partial charge is 0.389 e. The van der Waals surface area contributed by atoms with Crippen LogP contribution in [0.1, 0.15) is 32.3 Å². The lowest BCUT2D eigenvalue weighted by Gasteiger charge is -2.25. The van der Waals surface area contributed by atoms with Gasteiger partial charge in [0.15, 0.2) is 0 Å². The Morgan fingerprint density at radius 1 is 1.24 bits per heavy atom. The second-order valence-electron chi connectivity index (χ2n) is 5.45. The van der Waals surface area contributed by atoms with E-state index in [2.05, 4.69) is 15.4 Å². The van der Waals surface area contributed by atoms with Gasteiger partial charge in [-0.1, -0.05) is 13.8 Å². The van der Waals surface area contributed by atoms with Crippen molar-refractivity contribution in [3.05, 3.63) is 36.3 Å². The van der Waals surface area contributed by atoms with E-state index in [1.807, 2.05) is 43.9 Å². The summed E-state index contributed by atoms with van der Waals surface area (Å²) >= 11 is 0. The molecule has 0 aliphatic heterocycles. The number of hydrogen-bond donors (Lipinski definition) is 2. The van der Waals surface area contributed by atoms with Crippen molar-refractivity contribution in [2.45, 2.75) is 38.8 Å². The fourth-order valence-corrected chi connectivity index (χ4v) is 2.35. The zero-order valence-electron chi connectivity index (χ0n) is 13.0. The van der Waals surface area contributed by atoms with Crippen molar-refractivity contribution in [2.75, 3.05) is 6.54 Å². The molecule has 0 bridgehead atoms. The summed E-state index contributed by atoms with van der Waals surface area (Å²) in [4.78, 5) is 4.04. The highest BCUT2D eigenvalue weighted by Gasteiger charge is 2.21. The van der Waals surface area contributed by atoms with E-state index in [-0.39, 0.29) is 0 Å². The molecule has 0 spiro atoms. The summed E-state index contributed by atoms with van der Waals surface area (Å²) in [5.41, 5.74) is 2.52. The molecule has 0 saturated heterocycles. The number of rotatable bonds is 7. The van der Waals surface area contributed by atoms with Crippen LogP contribution in [0.5, 0.6) is 0 Å². The van der Waals surface area contributed by atoms with Crippen LogP contribution in [0, 0.1) is 0 Å². The van der Waals surface area contributed by atoms with E-state index in [9.17, 15) is 5.11 Å². The zero-order valence-corrected chi connectivity index (χ0v) is 13.0. The summed E-state index contributed by atoms with van der Waals surface area (Å²) in [6, 6.07) is 3.92. The Morgan fingerprint density at radius 2 is 1.90 bits per heavy atom. The first kappa shape index (κ1) is 15.7. The molecule has 0 aliphatic carbocycles. The third-order valence-corrected chi connectivity index (χ3v) is 3.94. The van der Waals surface area contributed by atoms with Crippen LogP contribution in [0.2, 0.25) is 0 Å². The van der Waals surface area contributed by atoms with Crippen molar-refractivity contribution in [1.82, 2.24) is 20.1 Å². The Labute approximate surface area is 126 Å². The predicted molar refractivity (Wildman–Crippen MR) is 83.7 cm³/mol. The lowest BCUT2D eigenvalue weighted by atomic mass is 9.97. The minimum absolute atomic E-state index is 0.588. The SMILES string of the molecule is CCC(O)(CC)CNCc1cn(C)nc1-c1ccncc1. The number of nitrogens with zero attached hydrogens (tertiary/aromatic N) is 3. The van der Waals surface area contributed by atoms with Gasteiger partial charge in [-0.15, -0.1) is 0 Å². The Morgan fingerprint density at radius 3 is 2.52 bits per heavy atom. The average molecular weight is 288 g/mol. The molecule has 2 rings (SSSR count). The Balaban J connectivity index is 2.08. The molecular formula is C16H24N4O. The summed E-state index contributed by atoms with van der Waals surface area (Å²) in [6.07, 6.45) is 7.06. The van der Waals surface area contributed by atoms with Gasteiger partial charge in [0.05, 0.1) is 11.3 Å². The molecule has 0 fully saturated rings. The van der Waals surface area contributed by atoms with Crippen LogP contribution in [0.15, 0.2) is 30.7 Å². The molecule has 2 aromatic heterocycles. The van der Waals surface area contributed by atoms with Gasteiger partial charge in [0, 0.05) is 49.9 Å². The number of pyridine rings is 1. The number of aliphatic hydroxyl groups is 1. The first-order valence-electron chi connectivity index (χ1n) is 7.44. The molecular weight excluding hydrogens is 264 g/mol. The van der Waals surface area contributed by atoms with Crippen molar-refractivity contribution in [3.63, 3.8) is 0 Å². The van der Waals surface area contributed by atoms with Crippen LogP contribution in [0.25, 0.3) is 11.3 Å². The standard InChI is InChI=1S/C16H24N4O/c1-4-16(21,5-2)12-18-10-14-11-20(3)19-15(14)13-6-8-17-9-7-13/h6-9,11,18,21H,4-5,10,12H2,1-3H3. The molecule has 0 saturated carbocycles. The van der Waals surface area contributed by atoms with Crippen molar-refractivity contribution in [2.24, 2.45) is 7.05 Å². The third kappa shape index (κ3) is 3.89. The van der Waals surface area contributed by atoms with Gasteiger partial charge in [-0.2, -0.15) is 5.10 Å². The average Bonchev–Trinajstić information content (AvgIpc) is 2.89. The quantitative estimate of drug-likeness (QED) is 0.819. The molecule has 5 heteroatoms. The summed E-state index contributed by atoms with van der Waals surface area (Å²) in [7, 11) is 1.92. The van der Waals surface area contributed by atoms with E-state index in [1.165, 1.54) is 0 Å². The summed E-state index contributed by atoms with van der Waals surface area (Å²) in [5.74, 6) is 0. The van der Waals surface area contributed by atoms with Gasteiger partial charge in [0.2, 0.25) is 0 Å². The van der Waals surface area contributed by atoms with E-state index in [0.29, 0.717) is 13.1 Å². The van der Waals surface area contributed by atoms with Gasteiger partial charge < -0.3 is 10.4 Å². The Hall–Kier alpha value is -1.72. The maximum Gasteiger partial charge on any atom is 0.0969 e. The van der Waals surface area contributed by atoms with Gasteiger partial charge in [-0.3, -0.25) is 9.67 Å². The van der Waals surface area contributed by atoms with Crippen LogP contribution in [-0.2, 0) is 13.6 Å². The maximum atomic E-state index is 10.3. The molecule has 0 atom stereocenters. The second-order valence-corrected chi connectivity index (χ2v) is 5.45. The minimum Gasteiger partial charge on any atom is -0.389 e. The number of aryl methyl sites for hydroxylation is 1. The fourth-order valence-electron chi connectivity index (χ4n) is 2.35. The summed E-state index contributed by atoms with van der Waals surface area (Å²) < 4.78 is 1.82. The smallest absolute Gasteiger partial charge is 0.0969 e. The minimum atomic E-state index is -0.626. The van der Waals surface area contributed by atoms with E-state index < -0.39 is 5.60 Å². The maximum absolute atomic E-state index is 10.3. The topological polar surface area (TPSA) is 63.0 Å². The molecule has 114 valence electrons. The highest BCUT2D eigenvalue weighted by Crippen LogP contribution is 2.21. The normalized spacial score (nSPS) is 11.8. The second kappa shape index (κ2) is 6.83. The molecule has 0 aromatic carbocycles. The summed E-state index contributed by atoms with van der Waals surface area (Å²) in [5, 5.41) is 18.2. The van der Waals surface area contributed by atoms with Crippen molar-refractivity contribution in [1.29, 1.82) is 0 Å². The highest BCUT2D eigenvalue weighted by atomic mass is 16.3. The molecule has 2 heterocycles. The van der Waals surface area contributed by atoms with Gasteiger partial charge in [0.25, 0.3) is 0 Å². The van der Waals surface area contributed by atoms with Crippen molar-refractivity contribution < 1.29 is 5.11 Å². The monoisotopic (exact) mass is 288 g/mol. The molecule has 5 nitrogen and oxygen atoms in total. The first-order valence-corrected chi connectivity index (χ1v) is 7.44. The van der Waals surface area contributed by atoms with Crippen molar-refractivity contribution in [3.8, 4) is 11.3 Å². The molecule has 0 unspecified atom stereocenters. The van der Waals surface area contributed by atoms with Crippen LogP contribution < -0.4 is 5.32 Å². The van der Waals surface area contributed by atoms with E-state index in [4.69, 9.17) is 0 Å². The number of nitrogens with one attached hydrogen (secondary N) is 1. The molecule has 0 radical (unpaired) electrons. The van der Waals surface area contributed by atoms with Crippen LogP contribution in [0.3, 0.4) is 0 Å². The van der Waals surface area contributed by atoms with E-state index >= 15 is 0 Å². The number of aromatic nitrogens is 3. The van der Waals surface area contributed by atoms with Gasteiger partial charge >= 0.3 is 0 Å². The zero-order chi connectivity index (χ0) is 15.3. The Kier molecular flexibility index (Phi) is 5.09. The summed E-state index contributed by atoms with van der Waals surface area (Å²) in [6.45, 7) is 5.30. The highest BCUT2D eigenvalue weighted by molar-refractivity contribution is 5.61. The molecule has 21 heavy (non-hydrogen) atoms. The molecule has 2 N–H and O–H groups in total. The van der Waals surface area contributed by atoms with Gasteiger partial charge in [-0.25, -0.2) is 0 Å². The number of hydrogen-bond acceptors (Lipinski definition) is 4. The predicted octanol–water partition coefficient (Wildman–Crippen LogP) is 2.12. The fraction of sp³-hybridized carbons (Fsp3) is 0.500. The lowest BCUT2D eigenvalue weighted by Crippen LogP contribution is -2.39. The van der Waals surface area contributed by atoms with E-state index in [1.54, 1.807) is 12.4 Å². The molecule has 2 aromatic rings. The third-order valence-electron chi connectivity index (χ3n) is 3.94. The van der Waals surface area contributed by atoms with Gasteiger partial charge in [-0.05, 0) is 25.0 Å². The van der Waals surface area contributed by atoms with Gasteiger partial charge in [0.1, 0.15) is 0 Å². The Bertz CT molecular complexity index is 561. The molecule has 0 aliphatic rings. The van der Waals surface area contributed by atoms with Crippen LogP contribution in [-0.4, -0.2) is 32.0 Å². The first-order chi connectivity index (χ1) is 10.1. The molecule has 0 amide bonds. The van der Waals surface area contributed by atoms with Crippen LogP contribution in [0.4, 0.5) is 0 Å². The van der Waals surface area contributed by atoms with E-state index in [0.717, 1.165) is 29.7 Å². The van der Waals surface area contributed by atoms with Crippen LogP contribution >= 0.6 is 0 Å². The lowest BCUT2D eigenvalue weighted by molar-refractivity contribution is 0.0323.